The molecule has 1 amide bonds. The average Bonchev–Trinajstić information content (AvgIpc) is 2.26. The second-order valence-corrected chi connectivity index (χ2v) is 5.64. The number of hydrogen-bond donors (Lipinski definition) is 2. The van der Waals surface area contributed by atoms with Crippen LogP contribution < -0.4 is 10.6 Å². The van der Waals surface area contributed by atoms with Crippen molar-refractivity contribution in [1.29, 1.82) is 0 Å². The van der Waals surface area contributed by atoms with Crippen LogP contribution in [0.3, 0.4) is 0 Å². The van der Waals surface area contributed by atoms with Gasteiger partial charge in [-0.05, 0) is 30.8 Å². The quantitative estimate of drug-likeness (QED) is 0.810. The maximum absolute atomic E-state index is 11.4. The van der Waals surface area contributed by atoms with E-state index in [1.807, 2.05) is 6.92 Å². The van der Waals surface area contributed by atoms with Gasteiger partial charge in [-0.15, -0.1) is 0 Å². The van der Waals surface area contributed by atoms with E-state index in [1.165, 1.54) is 12.1 Å². The Morgan fingerprint density at radius 3 is 2.29 bits per heavy atom. The van der Waals surface area contributed by atoms with E-state index >= 15 is 0 Å². The summed E-state index contributed by atoms with van der Waals surface area (Å²) in [5.74, 6) is -0.154. The van der Waals surface area contributed by atoms with Crippen molar-refractivity contribution in [2.45, 2.75) is 11.8 Å². The van der Waals surface area contributed by atoms with Crippen LogP contribution in [0.5, 0.6) is 0 Å². The maximum Gasteiger partial charge on any atom is 0.238 e. The van der Waals surface area contributed by atoms with Gasteiger partial charge in [-0.25, -0.2) is 8.42 Å². The molecule has 5 nitrogen and oxygen atoms in total. The molecule has 17 heavy (non-hydrogen) atoms. The highest BCUT2D eigenvalue weighted by Gasteiger charge is 2.07. The molecule has 1 aromatic rings. The van der Waals surface area contributed by atoms with E-state index in [-0.39, 0.29) is 17.3 Å². The Balaban J connectivity index is 2.66. The van der Waals surface area contributed by atoms with Gasteiger partial charge in [-0.3, -0.25) is 4.79 Å². The molecule has 0 aliphatic heterocycles. The Kier molecular flexibility index (Phi) is 4.65. The molecule has 0 saturated carbocycles. The van der Waals surface area contributed by atoms with Crippen molar-refractivity contribution >= 4 is 21.4 Å². The molecule has 0 atom stereocenters. The molecule has 0 heterocycles. The van der Waals surface area contributed by atoms with Crippen molar-refractivity contribution in [3.8, 4) is 0 Å². The van der Waals surface area contributed by atoms with Gasteiger partial charge in [0.2, 0.25) is 5.91 Å². The van der Waals surface area contributed by atoms with Crippen LogP contribution in [-0.2, 0) is 14.6 Å². The molecule has 0 saturated heterocycles. The summed E-state index contributed by atoms with van der Waals surface area (Å²) in [5.41, 5.74) is 0.584. The molecule has 0 fully saturated rings. The molecule has 0 unspecified atom stereocenters. The number of nitrogens with one attached hydrogen (secondary N) is 2. The molecule has 0 aromatic heterocycles. The van der Waals surface area contributed by atoms with Crippen molar-refractivity contribution in [3.63, 3.8) is 0 Å². The third kappa shape index (κ3) is 4.54. The zero-order chi connectivity index (χ0) is 12.9. The number of rotatable bonds is 5. The van der Waals surface area contributed by atoms with Gasteiger partial charge in [-0.1, -0.05) is 6.92 Å². The monoisotopic (exact) mass is 256 g/mol. The van der Waals surface area contributed by atoms with Gasteiger partial charge in [-0.2, -0.15) is 0 Å². The van der Waals surface area contributed by atoms with Crippen molar-refractivity contribution in [1.82, 2.24) is 5.32 Å². The SMILES string of the molecule is CCNCC(=O)Nc1ccc(S(C)(=O)=O)cc1. The number of likely N-dealkylation sites (N-methyl/N-ethyl adjacent to an activating group) is 1. The van der Waals surface area contributed by atoms with E-state index in [9.17, 15) is 13.2 Å². The van der Waals surface area contributed by atoms with Crippen LogP contribution in [-0.4, -0.2) is 33.7 Å². The lowest BCUT2D eigenvalue weighted by atomic mass is 10.3. The Labute approximate surface area is 101 Å². The third-order valence-electron chi connectivity index (χ3n) is 2.10. The zero-order valence-electron chi connectivity index (χ0n) is 9.86. The van der Waals surface area contributed by atoms with Crippen molar-refractivity contribution < 1.29 is 13.2 Å². The van der Waals surface area contributed by atoms with Crippen LogP contribution >= 0.6 is 0 Å². The summed E-state index contributed by atoms with van der Waals surface area (Å²) in [6.45, 7) is 2.87. The minimum atomic E-state index is -3.19. The van der Waals surface area contributed by atoms with Crippen LogP contribution in [0.25, 0.3) is 0 Å². The van der Waals surface area contributed by atoms with Crippen LogP contribution in [0.1, 0.15) is 6.92 Å². The Morgan fingerprint density at radius 1 is 1.24 bits per heavy atom. The van der Waals surface area contributed by atoms with E-state index < -0.39 is 9.84 Å². The van der Waals surface area contributed by atoms with Crippen LogP contribution in [0.4, 0.5) is 5.69 Å². The predicted octanol–water partition coefficient (Wildman–Crippen LogP) is 0.638. The number of carbonyl (C=O) groups is 1. The van der Waals surface area contributed by atoms with E-state index in [1.54, 1.807) is 12.1 Å². The molecule has 0 radical (unpaired) electrons. The lowest BCUT2D eigenvalue weighted by molar-refractivity contribution is -0.115. The highest BCUT2D eigenvalue weighted by Crippen LogP contribution is 2.13. The van der Waals surface area contributed by atoms with Gasteiger partial charge in [0.25, 0.3) is 0 Å². The predicted molar refractivity (Wildman–Crippen MR) is 66.7 cm³/mol. The Hall–Kier alpha value is -1.40. The molecule has 0 spiro atoms. The summed E-state index contributed by atoms with van der Waals surface area (Å²) in [6.07, 6.45) is 1.14. The summed E-state index contributed by atoms with van der Waals surface area (Å²) >= 11 is 0. The molecule has 0 aliphatic rings. The number of anilines is 1. The first-order chi connectivity index (χ1) is 7.93. The largest absolute Gasteiger partial charge is 0.325 e. The summed E-state index contributed by atoms with van der Waals surface area (Å²) < 4.78 is 22.4. The summed E-state index contributed by atoms with van der Waals surface area (Å²) in [4.78, 5) is 11.6. The number of benzene rings is 1. The van der Waals surface area contributed by atoms with Crippen LogP contribution in [0.2, 0.25) is 0 Å². The fourth-order valence-corrected chi connectivity index (χ4v) is 1.86. The van der Waals surface area contributed by atoms with Crippen molar-refractivity contribution in [2.24, 2.45) is 0 Å². The van der Waals surface area contributed by atoms with Gasteiger partial charge in [0.1, 0.15) is 0 Å². The molecule has 1 rings (SSSR count). The molecule has 0 aliphatic carbocycles. The van der Waals surface area contributed by atoms with Gasteiger partial charge >= 0.3 is 0 Å². The average molecular weight is 256 g/mol. The molecule has 0 bridgehead atoms. The molecular formula is C11H16N2O3S. The lowest BCUT2D eigenvalue weighted by Gasteiger charge is -2.06. The summed E-state index contributed by atoms with van der Waals surface area (Å²) in [6, 6.07) is 6.08. The number of amides is 1. The summed E-state index contributed by atoms with van der Waals surface area (Å²) in [5, 5.41) is 5.56. The molecule has 2 N–H and O–H groups in total. The summed E-state index contributed by atoms with van der Waals surface area (Å²) in [7, 11) is -3.19. The van der Waals surface area contributed by atoms with Crippen molar-refractivity contribution in [2.75, 3.05) is 24.7 Å². The maximum atomic E-state index is 11.4. The minimum absolute atomic E-state index is 0.154. The third-order valence-corrected chi connectivity index (χ3v) is 3.23. The highest BCUT2D eigenvalue weighted by atomic mass is 32.2. The fourth-order valence-electron chi connectivity index (χ4n) is 1.23. The van der Waals surface area contributed by atoms with E-state index in [4.69, 9.17) is 0 Å². The van der Waals surface area contributed by atoms with Gasteiger partial charge in [0.05, 0.1) is 11.4 Å². The smallest absolute Gasteiger partial charge is 0.238 e. The number of carbonyl (C=O) groups excluding carboxylic acids is 1. The number of sulfone groups is 1. The zero-order valence-corrected chi connectivity index (χ0v) is 10.7. The standard InChI is InChI=1S/C11H16N2O3S/c1-3-12-8-11(14)13-9-4-6-10(7-5-9)17(2,15)16/h4-7,12H,3,8H2,1-2H3,(H,13,14). The topological polar surface area (TPSA) is 75.3 Å². The minimum Gasteiger partial charge on any atom is -0.325 e. The molecular weight excluding hydrogens is 240 g/mol. The molecule has 6 heteroatoms. The first-order valence-corrected chi connectivity index (χ1v) is 7.13. The Bertz CT molecular complexity index is 480. The lowest BCUT2D eigenvalue weighted by Crippen LogP contribution is -2.27. The van der Waals surface area contributed by atoms with Crippen LogP contribution in [0, 0.1) is 0 Å². The second-order valence-electron chi connectivity index (χ2n) is 3.63. The van der Waals surface area contributed by atoms with E-state index in [0.717, 1.165) is 12.8 Å². The fraction of sp³-hybridized carbons (Fsp3) is 0.364. The normalized spacial score (nSPS) is 11.2. The highest BCUT2D eigenvalue weighted by molar-refractivity contribution is 7.90. The molecule has 1 aromatic carbocycles. The van der Waals surface area contributed by atoms with E-state index in [0.29, 0.717) is 5.69 Å². The first-order valence-electron chi connectivity index (χ1n) is 5.24. The van der Waals surface area contributed by atoms with E-state index in [2.05, 4.69) is 10.6 Å². The number of hydrogen-bond acceptors (Lipinski definition) is 4. The Morgan fingerprint density at radius 2 is 1.82 bits per heavy atom. The van der Waals surface area contributed by atoms with Crippen LogP contribution in [0.15, 0.2) is 29.2 Å². The van der Waals surface area contributed by atoms with Gasteiger partial charge in [0, 0.05) is 11.9 Å². The first kappa shape index (κ1) is 13.7. The van der Waals surface area contributed by atoms with Gasteiger partial charge < -0.3 is 10.6 Å². The van der Waals surface area contributed by atoms with Gasteiger partial charge in [0.15, 0.2) is 9.84 Å². The van der Waals surface area contributed by atoms with Crippen molar-refractivity contribution in [3.05, 3.63) is 24.3 Å². The molecule has 94 valence electrons. The second kappa shape index (κ2) is 5.79.